The molecule has 2 aromatic rings. The zero-order valence-electron chi connectivity index (χ0n) is 8.23. The van der Waals surface area contributed by atoms with Crippen molar-refractivity contribution in [1.29, 1.82) is 0 Å². The molecule has 1 heterocycles. The molecule has 1 N–H and O–H groups in total. The van der Waals surface area contributed by atoms with E-state index >= 15 is 0 Å². The van der Waals surface area contributed by atoms with Gasteiger partial charge < -0.3 is 5.11 Å². The molecule has 0 spiro atoms. The average molecular weight is 366 g/mol. The third-order valence-electron chi connectivity index (χ3n) is 2.20. The van der Waals surface area contributed by atoms with Gasteiger partial charge in [-0.25, -0.2) is 0 Å². The molecule has 1 unspecified atom stereocenters. The quantitative estimate of drug-likeness (QED) is 0.842. The first-order valence-electron chi connectivity index (χ1n) is 4.67. The molecule has 0 aliphatic carbocycles. The van der Waals surface area contributed by atoms with Crippen LogP contribution in [0.4, 0.5) is 0 Å². The number of benzene rings is 1. The molecule has 0 saturated carbocycles. The summed E-state index contributed by atoms with van der Waals surface area (Å²) in [5, 5.41) is 10.8. The molecular weight excluding hydrogens is 357 g/mol. The largest absolute Gasteiger partial charge is 0.388 e. The Morgan fingerprint density at radius 1 is 1.50 bits per heavy atom. The van der Waals surface area contributed by atoms with E-state index in [1.165, 1.54) is 0 Å². The number of rotatable bonds is 3. The summed E-state index contributed by atoms with van der Waals surface area (Å²) >= 11 is 9.67. The minimum absolute atomic E-state index is 0.522. The predicted octanol–water partition coefficient (Wildman–Crippen LogP) is 3.68. The van der Waals surface area contributed by atoms with Crippen LogP contribution in [0, 0.1) is 3.57 Å². The summed E-state index contributed by atoms with van der Waals surface area (Å²) in [6.45, 7) is 0. The lowest BCUT2D eigenvalue weighted by Gasteiger charge is -2.12. The summed E-state index contributed by atoms with van der Waals surface area (Å²) in [6, 6.07) is 5.55. The first-order valence-corrected chi connectivity index (χ1v) is 7.01. The molecule has 0 saturated heterocycles. The minimum Gasteiger partial charge on any atom is -0.388 e. The van der Waals surface area contributed by atoms with E-state index in [2.05, 4.69) is 27.6 Å². The number of aliphatic hydroxyl groups excluding tert-OH is 1. The van der Waals surface area contributed by atoms with Crippen molar-refractivity contribution in [2.75, 3.05) is 0 Å². The average Bonchev–Trinajstić information content (AvgIpc) is 2.74. The smallest absolute Gasteiger partial charge is 0.0849 e. The first-order chi connectivity index (χ1) is 7.66. The van der Waals surface area contributed by atoms with Crippen molar-refractivity contribution in [1.82, 2.24) is 4.98 Å². The van der Waals surface area contributed by atoms with Gasteiger partial charge in [-0.05, 0) is 46.4 Å². The summed E-state index contributed by atoms with van der Waals surface area (Å²) in [7, 11) is 0. The molecule has 0 aliphatic heterocycles. The normalized spacial score (nSPS) is 12.7. The van der Waals surface area contributed by atoms with Gasteiger partial charge in [0.1, 0.15) is 0 Å². The van der Waals surface area contributed by atoms with Crippen LogP contribution in [0.5, 0.6) is 0 Å². The summed E-state index contributed by atoms with van der Waals surface area (Å²) in [5.74, 6) is 0. The number of hydrogen-bond donors (Lipinski definition) is 1. The van der Waals surface area contributed by atoms with Crippen LogP contribution < -0.4 is 0 Å². The SMILES string of the molecule is OC(Cc1cncs1)c1cc(Cl)ccc1I. The highest BCUT2D eigenvalue weighted by Crippen LogP contribution is 2.27. The highest BCUT2D eigenvalue weighted by atomic mass is 127. The fourth-order valence-electron chi connectivity index (χ4n) is 1.41. The topological polar surface area (TPSA) is 33.1 Å². The Kier molecular flexibility index (Phi) is 4.18. The molecule has 1 atom stereocenters. The van der Waals surface area contributed by atoms with Gasteiger partial charge in [0.15, 0.2) is 0 Å². The molecule has 1 aromatic heterocycles. The molecule has 0 bridgehead atoms. The highest BCUT2D eigenvalue weighted by molar-refractivity contribution is 14.1. The van der Waals surface area contributed by atoms with Crippen LogP contribution in [0.25, 0.3) is 0 Å². The molecule has 2 nitrogen and oxygen atoms in total. The lowest BCUT2D eigenvalue weighted by molar-refractivity contribution is 0.178. The summed E-state index contributed by atoms with van der Waals surface area (Å²) in [4.78, 5) is 5.06. The third-order valence-corrected chi connectivity index (χ3v) is 4.21. The van der Waals surface area contributed by atoms with Crippen LogP contribution in [0.3, 0.4) is 0 Å². The number of hydrogen-bond acceptors (Lipinski definition) is 3. The van der Waals surface area contributed by atoms with Gasteiger partial charge in [0.25, 0.3) is 0 Å². The Bertz CT molecular complexity index is 475. The Hall–Kier alpha value is -0.170. The van der Waals surface area contributed by atoms with E-state index in [1.54, 1.807) is 23.0 Å². The fourth-order valence-corrected chi connectivity index (χ4v) is 2.92. The summed E-state index contributed by atoms with van der Waals surface area (Å²) < 4.78 is 1.03. The Balaban J connectivity index is 2.20. The lowest BCUT2D eigenvalue weighted by atomic mass is 10.1. The fraction of sp³-hybridized carbons (Fsp3) is 0.182. The van der Waals surface area contributed by atoms with Gasteiger partial charge >= 0.3 is 0 Å². The van der Waals surface area contributed by atoms with Crippen molar-refractivity contribution in [3.05, 3.63) is 48.9 Å². The summed E-state index contributed by atoms with van der Waals surface area (Å²) in [6.07, 6.45) is 1.85. The molecule has 16 heavy (non-hydrogen) atoms. The van der Waals surface area contributed by atoms with E-state index < -0.39 is 6.10 Å². The van der Waals surface area contributed by atoms with E-state index in [0.29, 0.717) is 11.4 Å². The van der Waals surface area contributed by atoms with Crippen LogP contribution in [-0.2, 0) is 6.42 Å². The van der Waals surface area contributed by atoms with E-state index in [1.807, 2.05) is 18.2 Å². The molecule has 1 aromatic carbocycles. The molecule has 0 aliphatic rings. The van der Waals surface area contributed by atoms with E-state index in [0.717, 1.165) is 14.0 Å². The van der Waals surface area contributed by atoms with E-state index in [9.17, 15) is 5.11 Å². The van der Waals surface area contributed by atoms with Gasteiger partial charge in [-0.15, -0.1) is 11.3 Å². The molecule has 0 amide bonds. The Morgan fingerprint density at radius 3 is 3.00 bits per heavy atom. The third kappa shape index (κ3) is 2.94. The zero-order valence-corrected chi connectivity index (χ0v) is 12.0. The van der Waals surface area contributed by atoms with Gasteiger partial charge in [-0.2, -0.15) is 0 Å². The molecule has 2 rings (SSSR count). The lowest BCUT2D eigenvalue weighted by Crippen LogP contribution is -2.02. The molecule has 0 radical (unpaired) electrons. The predicted molar refractivity (Wildman–Crippen MR) is 74.9 cm³/mol. The number of nitrogens with zero attached hydrogens (tertiary/aromatic N) is 1. The Labute approximate surface area is 116 Å². The molecule has 0 fully saturated rings. The molecular formula is C11H9ClINOS. The second-order valence-corrected chi connectivity index (χ2v) is 5.92. The first kappa shape index (κ1) is 12.3. The maximum Gasteiger partial charge on any atom is 0.0849 e. The van der Waals surface area contributed by atoms with Gasteiger partial charge in [0.2, 0.25) is 0 Å². The Morgan fingerprint density at radius 2 is 2.31 bits per heavy atom. The van der Waals surface area contributed by atoms with E-state index in [-0.39, 0.29) is 0 Å². The van der Waals surface area contributed by atoms with Crippen molar-refractivity contribution < 1.29 is 5.11 Å². The number of thiazole rings is 1. The molecule has 5 heteroatoms. The summed E-state index contributed by atoms with van der Waals surface area (Å²) in [5.41, 5.74) is 2.65. The van der Waals surface area contributed by atoms with Crippen LogP contribution >= 0.6 is 45.5 Å². The zero-order chi connectivity index (χ0) is 11.5. The maximum absolute atomic E-state index is 10.1. The highest BCUT2D eigenvalue weighted by Gasteiger charge is 2.13. The molecule has 84 valence electrons. The standard InChI is InChI=1S/C11H9ClINOS/c12-7-1-2-10(13)9(3-7)11(15)4-8-5-14-6-16-8/h1-3,5-6,11,15H,4H2. The van der Waals surface area contributed by atoms with Crippen LogP contribution in [0.2, 0.25) is 5.02 Å². The van der Waals surface area contributed by atoms with Crippen LogP contribution in [-0.4, -0.2) is 10.1 Å². The van der Waals surface area contributed by atoms with Crippen molar-refractivity contribution >= 4 is 45.5 Å². The monoisotopic (exact) mass is 365 g/mol. The van der Waals surface area contributed by atoms with Crippen LogP contribution in [0.15, 0.2) is 29.9 Å². The number of aromatic nitrogens is 1. The van der Waals surface area contributed by atoms with Gasteiger partial charge in [0, 0.05) is 26.1 Å². The van der Waals surface area contributed by atoms with Crippen molar-refractivity contribution in [3.8, 4) is 0 Å². The number of halogens is 2. The minimum atomic E-state index is -0.522. The van der Waals surface area contributed by atoms with Gasteiger partial charge in [0.05, 0.1) is 11.6 Å². The van der Waals surface area contributed by atoms with Crippen LogP contribution in [0.1, 0.15) is 16.5 Å². The van der Waals surface area contributed by atoms with Gasteiger partial charge in [-0.1, -0.05) is 11.6 Å². The van der Waals surface area contributed by atoms with Crippen molar-refractivity contribution in [3.63, 3.8) is 0 Å². The second-order valence-electron chi connectivity index (χ2n) is 3.35. The maximum atomic E-state index is 10.1. The number of aliphatic hydroxyl groups is 1. The second kappa shape index (κ2) is 5.44. The van der Waals surface area contributed by atoms with Gasteiger partial charge in [-0.3, -0.25) is 4.98 Å². The van der Waals surface area contributed by atoms with Crippen molar-refractivity contribution in [2.45, 2.75) is 12.5 Å². The van der Waals surface area contributed by atoms with E-state index in [4.69, 9.17) is 11.6 Å². The van der Waals surface area contributed by atoms with Crippen molar-refractivity contribution in [2.24, 2.45) is 0 Å².